The molecule has 4 amide bonds. The van der Waals surface area contributed by atoms with Gasteiger partial charge in [0.15, 0.2) is 0 Å². The SMILES string of the molecule is O=C1NC(=O)[C@@H](CC(=O)N2CCC(Oc3cccnc3)CC2)N1. The molecule has 0 saturated carbocycles. The number of rotatable bonds is 4. The zero-order chi connectivity index (χ0) is 16.2. The van der Waals surface area contributed by atoms with Crippen LogP contribution in [0, 0.1) is 0 Å². The number of carbonyl (C=O) groups excluding carboxylic acids is 3. The summed E-state index contributed by atoms with van der Waals surface area (Å²) in [5.41, 5.74) is 0. The minimum atomic E-state index is -0.764. The number of aromatic nitrogens is 1. The first-order valence-electron chi connectivity index (χ1n) is 7.57. The summed E-state index contributed by atoms with van der Waals surface area (Å²) in [5, 5.41) is 4.56. The normalized spacial score (nSPS) is 21.7. The molecule has 0 radical (unpaired) electrons. The summed E-state index contributed by atoms with van der Waals surface area (Å²) in [7, 11) is 0. The Morgan fingerprint density at radius 1 is 1.35 bits per heavy atom. The molecule has 0 unspecified atom stereocenters. The van der Waals surface area contributed by atoms with E-state index in [1.807, 2.05) is 12.1 Å². The average Bonchev–Trinajstić information content (AvgIpc) is 2.86. The van der Waals surface area contributed by atoms with Crippen LogP contribution in [0.5, 0.6) is 5.75 Å². The number of imide groups is 1. The Morgan fingerprint density at radius 2 is 2.13 bits per heavy atom. The maximum atomic E-state index is 12.2. The number of ether oxygens (including phenoxy) is 1. The van der Waals surface area contributed by atoms with Crippen LogP contribution in [0.2, 0.25) is 0 Å². The van der Waals surface area contributed by atoms with Crippen molar-refractivity contribution < 1.29 is 19.1 Å². The molecule has 0 bridgehead atoms. The molecule has 0 spiro atoms. The van der Waals surface area contributed by atoms with E-state index < -0.39 is 18.0 Å². The molecule has 1 atom stereocenters. The molecule has 8 heteroatoms. The Hall–Kier alpha value is -2.64. The van der Waals surface area contributed by atoms with Crippen molar-refractivity contribution in [2.24, 2.45) is 0 Å². The topological polar surface area (TPSA) is 101 Å². The van der Waals surface area contributed by atoms with Crippen LogP contribution in [0.4, 0.5) is 4.79 Å². The molecule has 0 aliphatic carbocycles. The Kier molecular flexibility index (Phi) is 4.40. The van der Waals surface area contributed by atoms with Crippen molar-refractivity contribution in [3.63, 3.8) is 0 Å². The van der Waals surface area contributed by atoms with Gasteiger partial charge in [-0.15, -0.1) is 0 Å². The summed E-state index contributed by atoms with van der Waals surface area (Å²) in [4.78, 5) is 40.4. The highest BCUT2D eigenvalue weighted by Gasteiger charge is 2.33. The number of amides is 4. The summed E-state index contributed by atoms with van der Waals surface area (Å²) in [5.74, 6) is 0.146. The first-order valence-corrected chi connectivity index (χ1v) is 7.57. The van der Waals surface area contributed by atoms with E-state index in [1.54, 1.807) is 17.3 Å². The molecule has 122 valence electrons. The van der Waals surface area contributed by atoms with Crippen molar-refractivity contribution >= 4 is 17.8 Å². The van der Waals surface area contributed by atoms with E-state index in [0.29, 0.717) is 13.1 Å². The number of likely N-dealkylation sites (tertiary alicyclic amines) is 1. The minimum Gasteiger partial charge on any atom is -0.489 e. The fraction of sp³-hybridized carbons (Fsp3) is 0.467. The van der Waals surface area contributed by atoms with Crippen LogP contribution < -0.4 is 15.4 Å². The van der Waals surface area contributed by atoms with Crippen LogP contribution in [0.3, 0.4) is 0 Å². The number of piperidine rings is 1. The average molecular weight is 318 g/mol. The first-order chi connectivity index (χ1) is 11.1. The van der Waals surface area contributed by atoms with E-state index in [9.17, 15) is 14.4 Å². The van der Waals surface area contributed by atoms with Crippen LogP contribution in [0.1, 0.15) is 19.3 Å². The van der Waals surface area contributed by atoms with Crippen molar-refractivity contribution in [3.8, 4) is 5.75 Å². The van der Waals surface area contributed by atoms with Crippen molar-refractivity contribution in [1.82, 2.24) is 20.5 Å². The second-order valence-corrected chi connectivity index (χ2v) is 5.61. The predicted molar refractivity (Wildman–Crippen MR) is 79.5 cm³/mol. The first kappa shape index (κ1) is 15.3. The zero-order valence-electron chi connectivity index (χ0n) is 12.5. The summed E-state index contributed by atoms with van der Waals surface area (Å²) in [6.07, 6.45) is 4.85. The molecule has 2 fully saturated rings. The van der Waals surface area contributed by atoms with E-state index in [0.717, 1.165) is 18.6 Å². The van der Waals surface area contributed by atoms with Gasteiger partial charge >= 0.3 is 6.03 Å². The Morgan fingerprint density at radius 3 is 2.74 bits per heavy atom. The highest BCUT2D eigenvalue weighted by atomic mass is 16.5. The lowest BCUT2D eigenvalue weighted by Gasteiger charge is -2.32. The van der Waals surface area contributed by atoms with E-state index >= 15 is 0 Å². The molecule has 1 aromatic heterocycles. The molecule has 2 aliphatic rings. The number of nitrogens with zero attached hydrogens (tertiary/aromatic N) is 2. The molecule has 23 heavy (non-hydrogen) atoms. The van der Waals surface area contributed by atoms with Crippen LogP contribution >= 0.6 is 0 Å². The molecule has 0 aromatic carbocycles. The molecule has 2 aliphatic heterocycles. The van der Waals surface area contributed by atoms with Crippen molar-refractivity contribution in [1.29, 1.82) is 0 Å². The van der Waals surface area contributed by atoms with Crippen LogP contribution in [0.15, 0.2) is 24.5 Å². The molecule has 3 rings (SSSR count). The largest absolute Gasteiger partial charge is 0.489 e. The van der Waals surface area contributed by atoms with Crippen LogP contribution in [-0.2, 0) is 9.59 Å². The third-order valence-corrected chi connectivity index (χ3v) is 3.97. The lowest BCUT2D eigenvalue weighted by molar-refractivity contribution is -0.135. The van der Waals surface area contributed by atoms with E-state index in [2.05, 4.69) is 15.6 Å². The fourth-order valence-corrected chi connectivity index (χ4v) is 2.74. The van der Waals surface area contributed by atoms with Gasteiger partial charge in [-0.2, -0.15) is 0 Å². The molecule has 3 heterocycles. The van der Waals surface area contributed by atoms with Gasteiger partial charge in [0.05, 0.1) is 12.6 Å². The summed E-state index contributed by atoms with van der Waals surface area (Å²) in [6.45, 7) is 1.15. The van der Waals surface area contributed by atoms with E-state index in [4.69, 9.17) is 4.74 Å². The van der Waals surface area contributed by atoms with Crippen molar-refractivity contribution in [3.05, 3.63) is 24.5 Å². The molecule has 2 saturated heterocycles. The number of urea groups is 1. The maximum absolute atomic E-state index is 12.2. The minimum absolute atomic E-state index is 0.00823. The Labute approximate surface area is 133 Å². The van der Waals surface area contributed by atoms with Crippen molar-refractivity contribution in [2.75, 3.05) is 13.1 Å². The smallest absolute Gasteiger partial charge is 0.322 e. The number of hydrogen-bond donors (Lipinski definition) is 2. The summed E-state index contributed by atoms with van der Waals surface area (Å²) >= 11 is 0. The number of pyridine rings is 1. The van der Waals surface area contributed by atoms with Crippen molar-refractivity contribution in [2.45, 2.75) is 31.4 Å². The zero-order valence-corrected chi connectivity index (χ0v) is 12.5. The predicted octanol–water partition coefficient (Wildman–Crippen LogP) is 0.0495. The highest BCUT2D eigenvalue weighted by molar-refractivity contribution is 6.05. The van der Waals surface area contributed by atoms with E-state index in [-0.39, 0.29) is 18.4 Å². The van der Waals surface area contributed by atoms with Crippen LogP contribution in [0.25, 0.3) is 0 Å². The quantitative estimate of drug-likeness (QED) is 0.764. The number of carbonyl (C=O) groups is 3. The number of nitrogens with one attached hydrogen (secondary N) is 2. The summed E-state index contributed by atoms with van der Waals surface area (Å²) < 4.78 is 5.83. The molecular weight excluding hydrogens is 300 g/mol. The second kappa shape index (κ2) is 6.64. The van der Waals surface area contributed by atoms with Crippen LogP contribution in [-0.4, -0.2) is 53.0 Å². The van der Waals surface area contributed by atoms with Gasteiger partial charge in [-0.3, -0.25) is 19.9 Å². The molecule has 8 nitrogen and oxygen atoms in total. The maximum Gasteiger partial charge on any atom is 0.322 e. The third kappa shape index (κ3) is 3.77. The lowest BCUT2D eigenvalue weighted by atomic mass is 10.1. The number of hydrogen-bond acceptors (Lipinski definition) is 5. The lowest BCUT2D eigenvalue weighted by Crippen LogP contribution is -2.44. The molecule has 2 N–H and O–H groups in total. The standard InChI is InChI=1S/C15H18N4O4/c20-13(8-12-14(21)18-15(22)17-12)19-6-3-10(4-7-19)23-11-2-1-5-16-9-11/h1-2,5,9-10,12H,3-4,6-8H2,(H2,17,18,21,22)/t12-/m1/s1. The highest BCUT2D eigenvalue weighted by Crippen LogP contribution is 2.18. The van der Waals surface area contributed by atoms with Gasteiger partial charge in [0.1, 0.15) is 17.9 Å². The van der Waals surface area contributed by atoms with Gasteiger partial charge in [-0.05, 0) is 12.1 Å². The van der Waals surface area contributed by atoms with Gasteiger partial charge in [-0.1, -0.05) is 0 Å². The Bertz CT molecular complexity index is 599. The molecule has 1 aromatic rings. The second-order valence-electron chi connectivity index (χ2n) is 5.61. The summed E-state index contributed by atoms with van der Waals surface area (Å²) in [6, 6.07) is 2.36. The third-order valence-electron chi connectivity index (χ3n) is 3.97. The Balaban J connectivity index is 1.46. The van der Waals surface area contributed by atoms with Gasteiger partial charge in [-0.25, -0.2) is 4.79 Å². The van der Waals surface area contributed by atoms with E-state index in [1.165, 1.54) is 0 Å². The monoisotopic (exact) mass is 318 g/mol. The molecular formula is C15H18N4O4. The van der Waals surface area contributed by atoms with Gasteiger partial charge in [0, 0.05) is 32.1 Å². The van der Waals surface area contributed by atoms with Gasteiger partial charge in [0.2, 0.25) is 5.91 Å². The van der Waals surface area contributed by atoms with Gasteiger partial charge < -0.3 is 15.0 Å². The van der Waals surface area contributed by atoms with Gasteiger partial charge in [0.25, 0.3) is 5.91 Å². The fourth-order valence-electron chi connectivity index (χ4n) is 2.74.